The third-order valence-corrected chi connectivity index (χ3v) is 3.71. The van der Waals surface area contributed by atoms with Crippen molar-refractivity contribution < 1.29 is 9.21 Å². The van der Waals surface area contributed by atoms with E-state index in [0.717, 1.165) is 27.7 Å². The van der Waals surface area contributed by atoms with Crippen LogP contribution in [0.15, 0.2) is 39.8 Å². The zero-order valence-electron chi connectivity index (χ0n) is 8.82. The van der Waals surface area contributed by atoms with Gasteiger partial charge in [-0.2, -0.15) is 0 Å². The van der Waals surface area contributed by atoms with Crippen LogP contribution in [0.25, 0.3) is 0 Å². The van der Waals surface area contributed by atoms with Crippen LogP contribution in [0.5, 0.6) is 0 Å². The number of thioether (sulfide) groups is 1. The monoisotopic (exact) mass is 230 g/mol. The molecular weight excluding hydrogens is 220 g/mol. The highest BCUT2D eigenvalue weighted by Gasteiger charge is 2.24. The molecule has 2 heterocycles. The van der Waals surface area contributed by atoms with Crippen LogP contribution in [0.2, 0.25) is 0 Å². The molecule has 2 nitrogen and oxygen atoms in total. The van der Waals surface area contributed by atoms with Crippen LogP contribution in [0.1, 0.15) is 27.2 Å². The molecule has 0 amide bonds. The van der Waals surface area contributed by atoms with Gasteiger partial charge in [0.1, 0.15) is 5.76 Å². The van der Waals surface area contributed by atoms with Gasteiger partial charge in [-0.05, 0) is 18.6 Å². The van der Waals surface area contributed by atoms with Crippen LogP contribution in [-0.4, -0.2) is 5.78 Å². The van der Waals surface area contributed by atoms with Gasteiger partial charge in [-0.1, -0.05) is 36.0 Å². The first-order valence-corrected chi connectivity index (χ1v) is 6.10. The third-order valence-electron chi connectivity index (χ3n) is 2.69. The fourth-order valence-corrected chi connectivity index (χ4v) is 2.95. The number of hydrogen-bond acceptors (Lipinski definition) is 3. The van der Waals surface area contributed by atoms with Crippen LogP contribution in [0, 0.1) is 6.92 Å². The van der Waals surface area contributed by atoms with Gasteiger partial charge in [0.2, 0.25) is 0 Å². The predicted molar refractivity (Wildman–Crippen MR) is 62.9 cm³/mol. The molecule has 0 spiro atoms. The summed E-state index contributed by atoms with van der Waals surface area (Å²) in [7, 11) is 0. The van der Waals surface area contributed by atoms with Crippen molar-refractivity contribution in [3.05, 3.63) is 52.8 Å². The van der Waals surface area contributed by atoms with Gasteiger partial charge in [-0.3, -0.25) is 4.79 Å². The maximum absolute atomic E-state index is 12.3. The third kappa shape index (κ3) is 1.39. The second-order valence-corrected chi connectivity index (χ2v) is 4.78. The molecule has 0 fully saturated rings. The Morgan fingerprint density at radius 3 is 2.94 bits per heavy atom. The van der Waals surface area contributed by atoms with Gasteiger partial charge in [0, 0.05) is 11.3 Å². The van der Waals surface area contributed by atoms with Gasteiger partial charge >= 0.3 is 0 Å². The minimum absolute atomic E-state index is 0.0763. The normalized spacial score (nSPS) is 14.2. The Labute approximate surface area is 97.7 Å². The molecule has 0 saturated carbocycles. The van der Waals surface area contributed by atoms with E-state index in [-0.39, 0.29) is 5.78 Å². The van der Waals surface area contributed by atoms with E-state index in [1.54, 1.807) is 11.8 Å². The lowest BCUT2D eigenvalue weighted by atomic mass is 10.0. The fraction of sp³-hybridized carbons (Fsp3) is 0.154. The molecule has 0 saturated heterocycles. The summed E-state index contributed by atoms with van der Waals surface area (Å²) in [6.45, 7) is 1.87. The molecule has 80 valence electrons. The maximum atomic E-state index is 12.3. The number of aryl methyl sites for hydroxylation is 1. The molecule has 0 N–H and O–H groups in total. The van der Waals surface area contributed by atoms with Crippen molar-refractivity contribution in [1.29, 1.82) is 0 Å². The number of carbonyl (C=O) groups is 1. The number of rotatable bonds is 0. The quantitative estimate of drug-likeness (QED) is 0.694. The van der Waals surface area contributed by atoms with Gasteiger partial charge in [0.15, 0.2) is 10.9 Å². The first kappa shape index (κ1) is 9.73. The van der Waals surface area contributed by atoms with Crippen LogP contribution in [0.3, 0.4) is 0 Å². The molecule has 16 heavy (non-hydrogen) atoms. The van der Waals surface area contributed by atoms with Crippen molar-refractivity contribution in [2.75, 3.05) is 0 Å². The summed E-state index contributed by atoms with van der Waals surface area (Å²) < 4.78 is 5.53. The molecule has 0 unspecified atom stereocenters. The highest BCUT2D eigenvalue weighted by molar-refractivity contribution is 7.98. The Hall–Kier alpha value is -1.48. The lowest BCUT2D eigenvalue weighted by Crippen LogP contribution is -2.01. The second-order valence-electron chi connectivity index (χ2n) is 3.83. The Kier molecular flexibility index (Phi) is 2.14. The number of fused-ring (bicyclic) bond motifs is 2. The minimum atomic E-state index is 0.0763. The van der Waals surface area contributed by atoms with Crippen molar-refractivity contribution in [3.63, 3.8) is 0 Å². The van der Waals surface area contributed by atoms with E-state index in [4.69, 9.17) is 4.42 Å². The minimum Gasteiger partial charge on any atom is -0.454 e. The Morgan fingerprint density at radius 2 is 2.06 bits per heavy atom. The van der Waals surface area contributed by atoms with Gasteiger partial charge < -0.3 is 4.42 Å². The first-order chi connectivity index (χ1) is 7.75. The van der Waals surface area contributed by atoms with Crippen LogP contribution in [-0.2, 0) is 5.75 Å². The van der Waals surface area contributed by atoms with E-state index in [1.807, 2.05) is 37.3 Å². The van der Waals surface area contributed by atoms with Crippen molar-refractivity contribution in [3.8, 4) is 0 Å². The van der Waals surface area contributed by atoms with Gasteiger partial charge in [0.25, 0.3) is 0 Å². The largest absolute Gasteiger partial charge is 0.454 e. The lowest BCUT2D eigenvalue weighted by molar-refractivity contribution is 0.103. The van der Waals surface area contributed by atoms with E-state index in [9.17, 15) is 4.79 Å². The average Bonchev–Trinajstić information content (AvgIpc) is 2.62. The highest BCUT2D eigenvalue weighted by atomic mass is 32.2. The number of hydrogen-bond donors (Lipinski definition) is 0. The van der Waals surface area contributed by atoms with Crippen molar-refractivity contribution in [2.45, 2.75) is 17.8 Å². The molecule has 0 aliphatic carbocycles. The molecule has 0 radical (unpaired) electrons. The Balaban J connectivity index is 2.21. The first-order valence-electron chi connectivity index (χ1n) is 5.11. The van der Waals surface area contributed by atoms with Gasteiger partial charge in [-0.25, -0.2) is 0 Å². The summed E-state index contributed by atoms with van der Waals surface area (Å²) in [5, 5.41) is 0.749. The summed E-state index contributed by atoms with van der Waals surface area (Å²) >= 11 is 1.59. The molecule has 1 aliphatic rings. The van der Waals surface area contributed by atoms with Gasteiger partial charge in [0.05, 0.1) is 5.56 Å². The zero-order valence-corrected chi connectivity index (χ0v) is 9.64. The summed E-state index contributed by atoms with van der Waals surface area (Å²) in [5.74, 6) is 1.67. The van der Waals surface area contributed by atoms with Crippen molar-refractivity contribution >= 4 is 17.5 Å². The maximum Gasteiger partial charge on any atom is 0.197 e. The molecule has 3 rings (SSSR count). The Morgan fingerprint density at radius 1 is 1.25 bits per heavy atom. The molecule has 1 aromatic carbocycles. The Bertz CT molecular complexity index is 569. The van der Waals surface area contributed by atoms with Crippen molar-refractivity contribution in [2.24, 2.45) is 0 Å². The molecule has 2 aromatic rings. The molecule has 3 heteroatoms. The van der Waals surface area contributed by atoms with E-state index in [1.165, 1.54) is 0 Å². The predicted octanol–water partition coefficient (Wildman–Crippen LogP) is 3.42. The fourth-order valence-electron chi connectivity index (χ4n) is 1.91. The smallest absolute Gasteiger partial charge is 0.197 e. The van der Waals surface area contributed by atoms with E-state index in [0.29, 0.717) is 5.56 Å². The summed E-state index contributed by atoms with van der Waals surface area (Å²) in [5.41, 5.74) is 2.59. The molecule has 0 atom stereocenters. The molecule has 1 aromatic heterocycles. The molecule has 1 aliphatic heterocycles. The van der Waals surface area contributed by atoms with Crippen molar-refractivity contribution in [1.82, 2.24) is 0 Å². The SMILES string of the molecule is Cc1cc2c(o1)SCc1ccccc1C2=O. The standard InChI is InChI=1S/C13H10O2S/c1-8-6-11-12(14)10-5-3-2-4-9(10)7-16-13(11)15-8/h2-6H,7H2,1H3. The topological polar surface area (TPSA) is 30.2 Å². The highest BCUT2D eigenvalue weighted by Crippen LogP contribution is 2.35. The van der Waals surface area contributed by atoms with Gasteiger partial charge in [-0.15, -0.1) is 0 Å². The van der Waals surface area contributed by atoms with Crippen LogP contribution in [0.4, 0.5) is 0 Å². The van der Waals surface area contributed by atoms with E-state index < -0.39 is 0 Å². The second kappa shape index (κ2) is 3.52. The summed E-state index contributed by atoms with van der Waals surface area (Å²) in [4.78, 5) is 12.3. The van der Waals surface area contributed by atoms with E-state index in [2.05, 4.69) is 0 Å². The van der Waals surface area contributed by atoms with E-state index >= 15 is 0 Å². The number of benzene rings is 1. The lowest BCUT2D eigenvalue weighted by Gasteiger charge is -2.01. The zero-order chi connectivity index (χ0) is 11.1. The molecule has 0 bridgehead atoms. The number of furan rings is 1. The molecular formula is C13H10O2S. The number of carbonyl (C=O) groups excluding carboxylic acids is 1. The number of ketones is 1. The van der Waals surface area contributed by atoms with Crippen LogP contribution >= 0.6 is 11.8 Å². The average molecular weight is 230 g/mol. The summed E-state index contributed by atoms with van der Waals surface area (Å²) in [6, 6.07) is 9.58. The summed E-state index contributed by atoms with van der Waals surface area (Å²) in [6.07, 6.45) is 0. The van der Waals surface area contributed by atoms with Crippen LogP contribution < -0.4 is 0 Å².